The number of sulfonamides is 1. The molecule has 0 aliphatic heterocycles. The maximum atomic E-state index is 12.2. The Bertz CT molecular complexity index is 855. The topological polar surface area (TPSA) is 84.5 Å². The van der Waals surface area contributed by atoms with Crippen LogP contribution >= 0.6 is 23.2 Å². The van der Waals surface area contributed by atoms with Crippen LogP contribution in [0.5, 0.6) is 5.75 Å². The first-order valence-electron chi connectivity index (χ1n) is 7.29. The Hall–Kier alpha value is -1.80. The van der Waals surface area contributed by atoms with Crippen molar-refractivity contribution < 1.29 is 17.9 Å². The molecule has 2 rings (SSSR count). The molecule has 0 aliphatic carbocycles. The molecule has 2 aromatic carbocycles. The van der Waals surface area contributed by atoms with Crippen molar-refractivity contribution in [2.45, 2.75) is 11.8 Å². The van der Waals surface area contributed by atoms with Crippen molar-refractivity contribution in [1.29, 1.82) is 0 Å². The SMILES string of the molecule is CCOc1ccc(S(=O)(=O)NCC(=O)Nc2ccc(Cl)c(Cl)c2)cc1. The summed E-state index contributed by atoms with van der Waals surface area (Å²) in [5.74, 6) is 0.0340. The standard InChI is InChI=1S/C16H16Cl2N2O4S/c1-2-24-12-4-6-13(7-5-12)25(22,23)19-10-16(21)20-11-3-8-14(17)15(18)9-11/h3-9,19H,2,10H2,1H3,(H,20,21). The Labute approximate surface area is 156 Å². The Balaban J connectivity index is 1.96. The van der Waals surface area contributed by atoms with E-state index in [-0.39, 0.29) is 9.92 Å². The van der Waals surface area contributed by atoms with Crippen LogP contribution < -0.4 is 14.8 Å². The third-order valence-electron chi connectivity index (χ3n) is 3.07. The molecule has 25 heavy (non-hydrogen) atoms. The fourth-order valence-electron chi connectivity index (χ4n) is 1.90. The van der Waals surface area contributed by atoms with Gasteiger partial charge in [-0.2, -0.15) is 0 Å². The predicted molar refractivity (Wildman–Crippen MR) is 97.9 cm³/mol. The van der Waals surface area contributed by atoms with Gasteiger partial charge < -0.3 is 10.1 Å². The minimum atomic E-state index is -3.81. The zero-order valence-corrected chi connectivity index (χ0v) is 15.6. The van der Waals surface area contributed by atoms with Gasteiger partial charge in [-0.05, 0) is 49.4 Å². The van der Waals surface area contributed by atoms with E-state index in [0.29, 0.717) is 23.1 Å². The van der Waals surface area contributed by atoms with Crippen LogP contribution in [-0.4, -0.2) is 27.5 Å². The highest BCUT2D eigenvalue weighted by Gasteiger charge is 2.15. The summed E-state index contributed by atoms with van der Waals surface area (Å²) in [6, 6.07) is 10.5. The minimum absolute atomic E-state index is 0.0401. The number of carbonyl (C=O) groups is 1. The zero-order chi connectivity index (χ0) is 18.4. The van der Waals surface area contributed by atoms with Gasteiger partial charge in [0.25, 0.3) is 0 Å². The quantitative estimate of drug-likeness (QED) is 0.743. The van der Waals surface area contributed by atoms with E-state index in [4.69, 9.17) is 27.9 Å². The van der Waals surface area contributed by atoms with Crippen molar-refractivity contribution in [3.8, 4) is 5.75 Å². The molecule has 134 valence electrons. The molecular weight excluding hydrogens is 387 g/mol. The van der Waals surface area contributed by atoms with Crippen LogP contribution in [0.2, 0.25) is 10.0 Å². The lowest BCUT2D eigenvalue weighted by Crippen LogP contribution is -2.32. The van der Waals surface area contributed by atoms with Crippen LogP contribution in [0.4, 0.5) is 5.69 Å². The molecule has 0 unspecified atom stereocenters. The number of halogens is 2. The van der Waals surface area contributed by atoms with E-state index in [2.05, 4.69) is 10.0 Å². The highest BCUT2D eigenvalue weighted by molar-refractivity contribution is 7.89. The molecule has 0 aliphatic rings. The maximum absolute atomic E-state index is 12.2. The molecule has 0 saturated carbocycles. The highest BCUT2D eigenvalue weighted by atomic mass is 35.5. The van der Waals surface area contributed by atoms with Crippen molar-refractivity contribution >= 4 is 44.8 Å². The molecule has 9 heteroatoms. The number of carbonyl (C=O) groups excluding carboxylic acids is 1. The van der Waals surface area contributed by atoms with E-state index >= 15 is 0 Å². The summed E-state index contributed by atoms with van der Waals surface area (Å²) in [4.78, 5) is 11.9. The molecule has 0 fully saturated rings. The molecule has 0 saturated heterocycles. The van der Waals surface area contributed by atoms with Crippen LogP contribution in [0.25, 0.3) is 0 Å². The Morgan fingerprint density at radius 1 is 1.08 bits per heavy atom. The number of benzene rings is 2. The Kier molecular flexibility index (Phi) is 6.66. The summed E-state index contributed by atoms with van der Waals surface area (Å²) in [6.45, 7) is 1.90. The van der Waals surface area contributed by atoms with Gasteiger partial charge in [-0.1, -0.05) is 23.2 Å². The van der Waals surface area contributed by atoms with E-state index in [1.54, 1.807) is 18.2 Å². The number of amides is 1. The number of ether oxygens (including phenoxy) is 1. The maximum Gasteiger partial charge on any atom is 0.241 e. The molecule has 0 radical (unpaired) electrons. The van der Waals surface area contributed by atoms with Gasteiger partial charge in [0.1, 0.15) is 5.75 Å². The molecule has 1 amide bonds. The van der Waals surface area contributed by atoms with Crippen LogP contribution in [0.3, 0.4) is 0 Å². The smallest absolute Gasteiger partial charge is 0.241 e. The van der Waals surface area contributed by atoms with Gasteiger partial charge >= 0.3 is 0 Å². The number of anilines is 1. The van der Waals surface area contributed by atoms with Crippen LogP contribution in [0, 0.1) is 0 Å². The van der Waals surface area contributed by atoms with Gasteiger partial charge in [0.15, 0.2) is 0 Å². The van der Waals surface area contributed by atoms with Gasteiger partial charge in [-0.15, -0.1) is 0 Å². The van der Waals surface area contributed by atoms with Crippen LogP contribution in [-0.2, 0) is 14.8 Å². The van der Waals surface area contributed by atoms with Gasteiger partial charge in [-0.3, -0.25) is 4.79 Å². The normalized spacial score (nSPS) is 11.2. The van der Waals surface area contributed by atoms with E-state index in [9.17, 15) is 13.2 Å². The number of nitrogens with one attached hydrogen (secondary N) is 2. The third-order valence-corrected chi connectivity index (χ3v) is 5.23. The van der Waals surface area contributed by atoms with E-state index in [1.807, 2.05) is 6.92 Å². The first-order chi connectivity index (χ1) is 11.8. The average molecular weight is 403 g/mol. The lowest BCUT2D eigenvalue weighted by Gasteiger charge is -2.09. The lowest BCUT2D eigenvalue weighted by atomic mass is 10.3. The van der Waals surface area contributed by atoms with E-state index in [1.165, 1.54) is 24.3 Å². The Morgan fingerprint density at radius 2 is 1.76 bits per heavy atom. The van der Waals surface area contributed by atoms with Crippen molar-refractivity contribution in [3.63, 3.8) is 0 Å². The zero-order valence-electron chi connectivity index (χ0n) is 13.3. The van der Waals surface area contributed by atoms with Gasteiger partial charge in [0, 0.05) is 5.69 Å². The number of hydrogen-bond donors (Lipinski definition) is 2. The van der Waals surface area contributed by atoms with Crippen LogP contribution in [0.1, 0.15) is 6.92 Å². The van der Waals surface area contributed by atoms with Gasteiger partial charge in [0.05, 0.1) is 28.1 Å². The largest absolute Gasteiger partial charge is 0.494 e. The molecule has 2 aromatic rings. The van der Waals surface area contributed by atoms with E-state index in [0.717, 1.165) is 0 Å². The highest BCUT2D eigenvalue weighted by Crippen LogP contribution is 2.24. The summed E-state index contributed by atoms with van der Waals surface area (Å²) in [5.41, 5.74) is 0.416. The summed E-state index contributed by atoms with van der Waals surface area (Å²) in [7, 11) is -3.81. The first kappa shape index (κ1) is 19.5. The predicted octanol–water partition coefficient (Wildman–Crippen LogP) is 3.31. The third kappa shape index (κ3) is 5.61. The summed E-state index contributed by atoms with van der Waals surface area (Å²) in [5, 5.41) is 3.17. The molecular formula is C16H16Cl2N2O4S. The number of hydrogen-bond acceptors (Lipinski definition) is 4. The van der Waals surface area contributed by atoms with Gasteiger partial charge in [-0.25, -0.2) is 13.1 Å². The van der Waals surface area contributed by atoms with Crippen LogP contribution in [0.15, 0.2) is 47.4 Å². The average Bonchev–Trinajstić information content (AvgIpc) is 2.57. The summed E-state index contributed by atoms with van der Waals surface area (Å²) in [6.07, 6.45) is 0. The molecule has 6 nitrogen and oxygen atoms in total. The fourth-order valence-corrected chi connectivity index (χ4v) is 3.18. The molecule has 2 N–H and O–H groups in total. The summed E-state index contributed by atoms with van der Waals surface area (Å²) >= 11 is 11.6. The molecule has 0 atom stereocenters. The lowest BCUT2D eigenvalue weighted by molar-refractivity contribution is -0.115. The van der Waals surface area contributed by atoms with Crippen molar-refractivity contribution in [2.75, 3.05) is 18.5 Å². The molecule has 0 bridgehead atoms. The second-order valence-corrected chi connectivity index (χ2v) is 7.49. The minimum Gasteiger partial charge on any atom is -0.494 e. The summed E-state index contributed by atoms with van der Waals surface area (Å²) < 4.78 is 31.9. The molecule has 0 aromatic heterocycles. The van der Waals surface area contributed by atoms with Gasteiger partial charge in [0.2, 0.25) is 15.9 Å². The fraction of sp³-hybridized carbons (Fsp3) is 0.188. The monoisotopic (exact) mass is 402 g/mol. The van der Waals surface area contributed by atoms with Crippen molar-refractivity contribution in [3.05, 3.63) is 52.5 Å². The second-order valence-electron chi connectivity index (χ2n) is 4.91. The van der Waals surface area contributed by atoms with Crippen molar-refractivity contribution in [1.82, 2.24) is 4.72 Å². The first-order valence-corrected chi connectivity index (χ1v) is 9.53. The number of rotatable bonds is 7. The van der Waals surface area contributed by atoms with Crippen molar-refractivity contribution in [2.24, 2.45) is 0 Å². The van der Waals surface area contributed by atoms with E-state index < -0.39 is 22.5 Å². The molecule has 0 spiro atoms. The Morgan fingerprint density at radius 3 is 2.36 bits per heavy atom. The second kappa shape index (κ2) is 8.53. The molecule has 0 heterocycles.